The second kappa shape index (κ2) is 7.79. The van der Waals surface area contributed by atoms with Crippen molar-refractivity contribution in [1.82, 2.24) is 0 Å². The van der Waals surface area contributed by atoms with E-state index in [4.69, 9.17) is 9.47 Å². The molecular formula is C24H36O6. The SMILES string of the molecule is C=C1C(O)CCC2(C)C1CC1CC(O)C(C)=C(C(OC(C)=O)C2OC(C)=O)C1(C)C. The molecule has 7 unspecified atom stereocenters. The van der Waals surface area contributed by atoms with E-state index in [0.29, 0.717) is 19.3 Å². The van der Waals surface area contributed by atoms with Crippen molar-refractivity contribution in [2.24, 2.45) is 22.7 Å². The van der Waals surface area contributed by atoms with Crippen molar-refractivity contribution in [3.63, 3.8) is 0 Å². The molecule has 0 aromatic rings. The molecule has 0 saturated heterocycles. The van der Waals surface area contributed by atoms with Gasteiger partial charge in [-0.2, -0.15) is 0 Å². The van der Waals surface area contributed by atoms with E-state index in [1.807, 2.05) is 6.92 Å². The Bertz CT molecular complexity index is 781. The summed E-state index contributed by atoms with van der Waals surface area (Å²) in [5, 5.41) is 21.4. The molecule has 3 aliphatic rings. The molecule has 0 aliphatic heterocycles. The van der Waals surface area contributed by atoms with Crippen molar-refractivity contribution in [3.8, 4) is 0 Å². The Balaban J connectivity index is 2.28. The van der Waals surface area contributed by atoms with Gasteiger partial charge in [0.1, 0.15) is 6.10 Å². The van der Waals surface area contributed by atoms with E-state index in [2.05, 4.69) is 27.4 Å². The van der Waals surface area contributed by atoms with Gasteiger partial charge in [-0.25, -0.2) is 0 Å². The Morgan fingerprint density at radius 2 is 1.63 bits per heavy atom. The summed E-state index contributed by atoms with van der Waals surface area (Å²) >= 11 is 0. The normalized spacial score (nSPS) is 40.7. The standard InChI is InChI=1S/C24H36O6/c1-12-17-10-16-11-19(28)13(2)20(23(16,5)6)21(29-14(3)25)22(30-15(4)26)24(17,7)9-8-18(12)27/h16-19,21-22,27-28H,1,8-11H2,2-7H3. The number of esters is 2. The van der Waals surface area contributed by atoms with Gasteiger partial charge in [-0.1, -0.05) is 27.4 Å². The molecule has 3 aliphatic carbocycles. The van der Waals surface area contributed by atoms with Crippen LogP contribution in [0, 0.1) is 22.7 Å². The van der Waals surface area contributed by atoms with Crippen molar-refractivity contribution in [3.05, 3.63) is 23.3 Å². The summed E-state index contributed by atoms with van der Waals surface area (Å²) < 4.78 is 11.8. The minimum atomic E-state index is -0.797. The average Bonchev–Trinajstić information content (AvgIpc) is 2.62. The van der Waals surface area contributed by atoms with Crippen LogP contribution in [0.5, 0.6) is 0 Å². The molecule has 2 N–H and O–H groups in total. The topological polar surface area (TPSA) is 93.1 Å². The van der Waals surface area contributed by atoms with E-state index in [-0.39, 0.29) is 17.3 Å². The smallest absolute Gasteiger partial charge is 0.303 e. The highest BCUT2D eigenvalue weighted by Gasteiger charge is 2.59. The molecule has 2 fully saturated rings. The first-order valence-corrected chi connectivity index (χ1v) is 10.9. The number of rotatable bonds is 2. The quantitative estimate of drug-likeness (QED) is 0.526. The van der Waals surface area contributed by atoms with Crippen LogP contribution in [-0.2, 0) is 19.1 Å². The lowest BCUT2D eigenvalue weighted by molar-refractivity contribution is -0.185. The third-order valence-corrected chi connectivity index (χ3v) is 8.09. The largest absolute Gasteiger partial charge is 0.458 e. The maximum atomic E-state index is 12.2. The number of hydrogen-bond donors (Lipinski definition) is 2. The van der Waals surface area contributed by atoms with Gasteiger partial charge in [0, 0.05) is 19.3 Å². The molecule has 0 aromatic heterocycles. The zero-order chi connectivity index (χ0) is 22.6. The van der Waals surface area contributed by atoms with Crippen LogP contribution < -0.4 is 0 Å². The van der Waals surface area contributed by atoms with Crippen LogP contribution in [0.2, 0.25) is 0 Å². The van der Waals surface area contributed by atoms with E-state index in [1.165, 1.54) is 13.8 Å². The van der Waals surface area contributed by atoms with Crippen molar-refractivity contribution < 1.29 is 29.3 Å². The summed E-state index contributed by atoms with van der Waals surface area (Å²) in [5.74, 6) is -0.923. The Morgan fingerprint density at radius 1 is 1.03 bits per heavy atom. The number of ether oxygens (including phenoxy) is 2. The van der Waals surface area contributed by atoms with Crippen LogP contribution in [0.1, 0.15) is 67.2 Å². The number of aliphatic hydroxyl groups excluding tert-OH is 2. The summed E-state index contributed by atoms with van der Waals surface area (Å²) in [6.45, 7) is 15.1. The molecule has 6 nitrogen and oxygen atoms in total. The van der Waals surface area contributed by atoms with Gasteiger partial charge in [0.2, 0.25) is 0 Å². The molecule has 3 rings (SSSR count). The minimum Gasteiger partial charge on any atom is -0.458 e. The van der Waals surface area contributed by atoms with E-state index in [1.54, 1.807) is 0 Å². The van der Waals surface area contributed by atoms with E-state index >= 15 is 0 Å². The average molecular weight is 421 g/mol. The van der Waals surface area contributed by atoms with Crippen molar-refractivity contribution in [2.45, 2.75) is 91.6 Å². The molecule has 0 radical (unpaired) electrons. The van der Waals surface area contributed by atoms with Gasteiger partial charge in [-0.15, -0.1) is 0 Å². The van der Waals surface area contributed by atoms with E-state index in [9.17, 15) is 19.8 Å². The van der Waals surface area contributed by atoms with Crippen molar-refractivity contribution in [1.29, 1.82) is 0 Å². The van der Waals surface area contributed by atoms with Crippen LogP contribution in [-0.4, -0.2) is 46.6 Å². The molecule has 2 bridgehead atoms. The Kier molecular flexibility index (Phi) is 5.98. The lowest BCUT2D eigenvalue weighted by Crippen LogP contribution is -2.59. The molecule has 2 saturated carbocycles. The monoisotopic (exact) mass is 420 g/mol. The molecule has 7 atom stereocenters. The van der Waals surface area contributed by atoms with Crippen LogP contribution in [0.15, 0.2) is 23.3 Å². The zero-order valence-electron chi connectivity index (χ0n) is 19.0. The summed E-state index contributed by atoms with van der Waals surface area (Å²) in [7, 11) is 0. The molecule has 0 amide bonds. The Hall–Kier alpha value is -1.66. The van der Waals surface area contributed by atoms with Gasteiger partial charge in [0.25, 0.3) is 0 Å². The van der Waals surface area contributed by atoms with Gasteiger partial charge >= 0.3 is 11.9 Å². The predicted octanol–water partition coefficient (Wildman–Crippen LogP) is 3.31. The van der Waals surface area contributed by atoms with Crippen molar-refractivity contribution in [2.75, 3.05) is 0 Å². The lowest BCUT2D eigenvalue weighted by atomic mass is 9.50. The van der Waals surface area contributed by atoms with Gasteiger partial charge in [0.15, 0.2) is 6.10 Å². The summed E-state index contributed by atoms with van der Waals surface area (Å²) in [6, 6.07) is 0. The first-order chi connectivity index (χ1) is 13.8. The second-order valence-corrected chi connectivity index (χ2v) is 10.3. The number of carbonyl (C=O) groups is 2. The van der Waals surface area contributed by atoms with E-state index in [0.717, 1.165) is 23.1 Å². The summed E-state index contributed by atoms with van der Waals surface area (Å²) in [4.78, 5) is 24.4. The van der Waals surface area contributed by atoms with Crippen molar-refractivity contribution >= 4 is 11.9 Å². The maximum absolute atomic E-state index is 12.2. The fraction of sp³-hybridized carbons (Fsp3) is 0.750. The highest BCUT2D eigenvalue weighted by atomic mass is 16.6. The fourth-order valence-electron chi connectivity index (χ4n) is 6.31. The first-order valence-electron chi connectivity index (χ1n) is 10.9. The molecule has 0 heterocycles. The Labute approximate surface area is 179 Å². The molecule has 168 valence electrons. The van der Waals surface area contributed by atoms with Gasteiger partial charge in [-0.3, -0.25) is 9.59 Å². The highest BCUT2D eigenvalue weighted by molar-refractivity contribution is 5.68. The number of fused-ring (bicyclic) bond motifs is 3. The summed E-state index contributed by atoms with van der Waals surface area (Å²) in [6.07, 6.45) is -0.332. The summed E-state index contributed by atoms with van der Waals surface area (Å²) in [5.41, 5.74) is 1.44. The molecule has 30 heavy (non-hydrogen) atoms. The first kappa shape index (κ1) is 23.0. The minimum absolute atomic E-state index is 0.105. The fourth-order valence-corrected chi connectivity index (χ4v) is 6.31. The highest BCUT2D eigenvalue weighted by Crippen LogP contribution is 2.59. The number of aliphatic hydroxyl groups is 2. The number of hydrogen-bond acceptors (Lipinski definition) is 6. The van der Waals surface area contributed by atoms with Crippen LogP contribution in [0.4, 0.5) is 0 Å². The van der Waals surface area contributed by atoms with Crippen LogP contribution in [0.3, 0.4) is 0 Å². The molecule has 0 spiro atoms. The number of carbonyl (C=O) groups excluding carboxylic acids is 2. The molecule has 0 aromatic carbocycles. The van der Waals surface area contributed by atoms with Gasteiger partial charge < -0.3 is 19.7 Å². The lowest BCUT2D eigenvalue weighted by Gasteiger charge is -2.57. The van der Waals surface area contributed by atoms with E-state index < -0.39 is 41.8 Å². The zero-order valence-corrected chi connectivity index (χ0v) is 19.0. The van der Waals surface area contributed by atoms with Crippen LogP contribution in [0.25, 0.3) is 0 Å². The predicted molar refractivity (Wildman–Crippen MR) is 112 cm³/mol. The van der Waals surface area contributed by atoms with Crippen LogP contribution >= 0.6 is 0 Å². The molecular weight excluding hydrogens is 384 g/mol. The van der Waals surface area contributed by atoms with Gasteiger partial charge in [0.05, 0.1) is 12.2 Å². The van der Waals surface area contributed by atoms with Gasteiger partial charge in [-0.05, 0) is 66.6 Å². The third kappa shape index (κ3) is 3.62. The third-order valence-electron chi connectivity index (χ3n) is 8.09. The molecule has 6 heteroatoms. The second-order valence-electron chi connectivity index (χ2n) is 10.3. The Morgan fingerprint density at radius 3 is 2.20 bits per heavy atom. The maximum Gasteiger partial charge on any atom is 0.303 e.